The van der Waals surface area contributed by atoms with Gasteiger partial charge in [0, 0.05) is 30.4 Å². The van der Waals surface area contributed by atoms with Gasteiger partial charge in [-0.05, 0) is 26.0 Å². The molecule has 1 amide bonds. The molecule has 0 radical (unpaired) electrons. The predicted octanol–water partition coefficient (Wildman–Crippen LogP) is 2.56. The lowest BCUT2D eigenvalue weighted by Gasteiger charge is -2.19. The zero-order valence-corrected chi connectivity index (χ0v) is 11.1. The fourth-order valence-electron chi connectivity index (χ4n) is 1.80. The lowest BCUT2D eigenvalue weighted by atomic mass is 10.2. The van der Waals surface area contributed by atoms with E-state index in [4.69, 9.17) is 4.52 Å². The summed E-state index contributed by atoms with van der Waals surface area (Å²) in [6, 6.07) is 7.34. The summed E-state index contributed by atoms with van der Waals surface area (Å²) in [7, 11) is 0. The average Bonchev–Trinajstić information content (AvgIpc) is 2.86. The molecule has 7 heteroatoms. The van der Waals surface area contributed by atoms with Crippen molar-refractivity contribution in [2.24, 2.45) is 0 Å². The number of carbonyl (C=O) groups is 1. The fraction of sp³-hybridized carbons (Fsp3) is 0.231. The molecule has 0 aliphatic rings. The standard InChI is InChI=1S/C13H13N3O4/c1-3-15(13(17)12-8-9(2)20-14-12)10-4-6-11(7-5-10)16(18)19/h4-8H,3H2,1-2H3. The number of nitro benzene ring substituents is 1. The number of aromatic nitrogens is 1. The molecule has 1 aromatic carbocycles. The van der Waals surface area contributed by atoms with Gasteiger partial charge < -0.3 is 9.42 Å². The Bertz CT molecular complexity index is 633. The zero-order chi connectivity index (χ0) is 14.7. The Morgan fingerprint density at radius 1 is 1.40 bits per heavy atom. The van der Waals surface area contributed by atoms with Crippen LogP contribution in [0.4, 0.5) is 11.4 Å². The number of nitro groups is 1. The molecule has 0 bridgehead atoms. The van der Waals surface area contributed by atoms with Crippen molar-refractivity contribution in [1.82, 2.24) is 5.16 Å². The molecule has 0 unspecified atom stereocenters. The molecule has 0 N–H and O–H groups in total. The van der Waals surface area contributed by atoms with Gasteiger partial charge in [-0.25, -0.2) is 0 Å². The Morgan fingerprint density at radius 3 is 2.50 bits per heavy atom. The molecule has 0 saturated heterocycles. The number of aryl methyl sites for hydroxylation is 1. The highest BCUT2D eigenvalue weighted by atomic mass is 16.6. The third-order valence-corrected chi connectivity index (χ3v) is 2.78. The van der Waals surface area contributed by atoms with Gasteiger partial charge in [0.15, 0.2) is 5.69 Å². The van der Waals surface area contributed by atoms with Crippen LogP contribution in [0, 0.1) is 17.0 Å². The van der Waals surface area contributed by atoms with E-state index in [0.29, 0.717) is 18.0 Å². The van der Waals surface area contributed by atoms with Crippen LogP contribution in [-0.4, -0.2) is 22.5 Å². The number of benzene rings is 1. The highest BCUT2D eigenvalue weighted by molar-refractivity contribution is 6.04. The van der Waals surface area contributed by atoms with E-state index in [0.717, 1.165) is 0 Å². The minimum absolute atomic E-state index is 0.0190. The monoisotopic (exact) mass is 275 g/mol. The van der Waals surface area contributed by atoms with E-state index < -0.39 is 4.92 Å². The first-order valence-corrected chi connectivity index (χ1v) is 6.02. The smallest absolute Gasteiger partial charge is 0.280 e. The molecule has 1 heterocycles. The lowest BCUT2D eigenvalue weighted by Crippen LogP contribution is -2.30. The van der Waals surface area contributed by atoms with Crippen LogP contribution in [0.25, 0.3) is 0 Å². The number of amides is 1. The molecule has 7 nitrogen and oxygen atoms in total. The summed E-state index contributed by atoms with van der Waals surface area (Å²) in [5, 5.41) is 14.3. The van der Waals surface area contributed by atoms with Crippen molar-refractivity contribution in [3.63, 3.8) is 0 Å². The van der Waals surface area contributed by atoms with Crippen molar-refractivity contribution in [3.8, 4) is 0 Å². The summed E-state index contributed by atoms with van der Waals surface area (Å²) in [5.74, 6) is 0.242. The maximum atomic E-state index is 12.3. The van der Waals surface area contributed by atoms with Crippen molar-refractivity contribution in [2.75, 3.05) is 11.4 Å². The second-order valence-electron chi connectivity index (χ2n) is 4.15. The molecule has 0 fully saturated rings. The van der Waals surface area contributed by atoms with Crippen molar-refractivity contribution in [3.05, 3.63) is 51.9 Å². The Labute approximate surface area is 114 Å². The number of nitrogens with zero attached hydrogens (tertiary/aromatic N) is 3. The minimum Gasteiger partial charge on any atom is -0.361 e. The van der Waals surface area contributed by atoms with E-state index in [2.05, 4.69) is 5.16 Å². The van der Waals surface area contributed by atoms with Crippen molar-refractivity contribution in [2.45, 2.75) is 13.8 Å². The average molecular weight is 275 g/mol. The molecule has 0 aliphatic heterocycles. The first kappa shape index (κ1) is 13.7. The summed E-state index contributed by atoms with van der Waals surface area (Å²) < 4.78 is 4.88. The topological polar surface area (TPSA) is 89.5 Å². The Balaban J connectivity index is 2.27. The van der Waals surface area contributed by atoms with Gasteiger partial charge in [-0.1, -0.05) is 5.16 Å². The summed E-state index contributed by atoms with van der Waals surface area (Å²) in [5.41, 5.74) is 0.765. The minimum atomic E-state index is -0.483. The van der Waals surface area contributed by atoms with E-state index in [9.17, 15) is 14.9 Å². The molecule has 104 valence electrons. The second-order valence-corrected chi connectivity index (χ2v) is 4.15. The van der Waals surface area contributed by atoms with Gasteiger partial charge in [-0.15, -0.1) is 0 Å². The maximum Gasteiger partial charge on any atom is 0.280 e. The first-order chi connectivity index (χ1) is 9.52. The molecule has 1 aromatic heterocycles. The number of hydrogen-bond acceptors (Lipinski definition) is 5. The number of rotatable bonds is 4. The Morgan fingerprint density at radius 2 is 2.05 bits per heavy atom. The van der Waals surface area contributed by atoms with E-state index in [1.165, 1.54) is 29.2 Å². The summed E-state index contributed by atoms with van der Waals surface area (Å²) in [4.78, 5) is 23.9. The third kappa shape index (κ3) is 2.66. The Kier molecular flexibility index (Phi) is 3.79. The molecular weight excluding hydrogens is 262 g/mol. The first-order valence-electron chi connectivity index (χ1n) is 6.02. The summed E-state index contributed by atoms with van der Waals surface area (Å²) in [6.07, 6.45) is 0. The van der Waals surface area contributed by atoms with Gasteiger partial charge in [0.1, 0.15) is 5.76 Å². The van der Waals surface area contributed by atoms with Crippen LogP contribution in [-0.2, 0) is 0 Å². The molecule has 0 aliphatic carbocycles. The number of carbonyl (C=O) groups excluding carboxylic acids is 1. The lowest BCUT2D eigenvalue weighted by molar-refractivity contribution is -0.384. The van der Waals surface area contributed by atoms with Crippen molar-refractivity contribution < 1.29 is 14.2 Å². The second kappa shape index (κ2) is 5.52. The predicted molar refractivity (Wildman–Crippen MR) is 71.7 cm³/mol. The molecule has 0 atom stereocenters. The molecular formula is C13H13N3O4. The maximum absolute atomic E-state index is 12.3. The van der Waals surface area contributed by atoms with Crippen molar-refractivity contribution >= 4 is 17.3 Å². The molecule has 20 heavy (non-hydrogen) atoms. The van der Waals surface area contributed by atoms with Crippen LogP contribution in [0.2, 0.25) is 0 Å². The highest BCUT2D eigenvalue weighted by Crippen LogP contribution is 2.21. The van der Waals surface area contributed by atoms with Crippen LogP contribution in [0.3, 0.4) is 0 Å². The van der Waals surface area contributed by atoms with Crippen LogP contribution >= 0.6 is 0 Å². The number of non-ortho nitro benzene ring substituents is 1. The molecule has 0 spiro atoms. The third-order valence-electron chi connectivity index (χ3n) is 2.78. The summed E-state index contributed by atoms with van der Waals surface area (Å²) in [6.45, 7) is 3.93. The van der Waals surface area contributed by atoms with Gasteiger partial charge in [-0.2, -0.15) is 0 Å². The van der Waals surface area contributed by atoms with Crippen LogP contribution in [0.15, 0.2) is 34.9 Å². The number of hydrogen-bond donors (Lipinski definition) is 0. The quantitative estimate of drug-likeness (QED) is 0.631. The van der Waals surface area contributed by atoms with E-state index in [1.54, 1.807) is 13.0 Å². The van der Waals surface area contributed by atoms with E-state index in [-0.39, 0.29) is 17.3 Å². The normalized spacial score (nSPS) is 10.3. The van der Waals surface area contributed by atoms with E-state index >= 15 is 0 Å². The largest absolute Gasteiger partial charge is 0.361 e. The van der Waals surface area contributed by atoms with Gasteiger partial charge >= 0.3 is 0 Å². The zero-order valence-electron chi connectivity index (χ0n) is 11.1. The van der Waals surface area contributed by atoms with Gasteiger partial charge in [-0.3, -0.25) is 14.9 Å². The van der Waals surface area contributed by atoms with Crippen LogP contribution in [0.5, 0.6) is 0 Å². The molecule has 0 saturated carbocycles. The van der Waals surface area contributed by atoms with Gasteiger partial charge in [0.25, 0.3) is 11.6 Å². The SMILES string of the molecule is CCN(C(=O)c1cc(C)on1)c1ccc([N+](=O)[O-])cc1. The summed E-state index contributed by atoms with van der Waals surface area (Å²) >= 11 is 0. The molecule has 2 aromatic rings. The van der Waals surface area contributed by atoms with Crippen LogP contribution < -0.4 is 4.90 Å². The van der Waals surface area contributed by atoms with Gasteiger partial charge in [0.2, 0.25) is 0 Å². The fourth-order valence-corrected chi connectivity index (χ4v) is 1.80. The highest BCUT2D eigenvalue weighted by Gasteiger charge is 2.20. The number of anilines is 1. The van der Waals surface area contributed by atoms with E-state index in [1.807, 2.05) is 6.92 Å². The van der Waals surface area contributed by atoms with Crippen molar-refractivity contribution in [1.29, 1.82) is 0 Å². The van der Waals surface area contributed by atoms with Crippen LogP contribution in [0.1, 0.15) is 23.2 Å². The van der Waals surface area contributed by atoms with Gasteiger partial charge in [0.05, 0.1) is 4.92 Å². The molecule has 2 rings (SSSR count). The Hall–Kier alpha value is -2.70.